The van der Waals surface area contributed by atoms with E-state index >= 15 is 0 Å². The molecule has 0 aromatic carbocycles. The first kappa shape index (κ1) is 8.78. The quantitative estimate of drug-likeness (QED) is 0.702. The highest BCUT2D eigenvalue weighted by Gasteiger charge is 2.04. The molecule has 50 valence electrons. The number of hydrogen-bond donors (Lipinski definition) is 0. The summed E-state index contributed by atoms with van der Waals surface area (Å²) in [7, 11) is 0. The van der Waals surface area contributed by atoms with Gasteiger partial charge in [0.05, 0.1) is 0 Å². The summed E-state index contributed by atoms with van der Waals surface area (Å²) in [4.78, 5) is 0. The second kappa shape index (κ2) is 4.64. The van der Waals surface area contributed by atoms with Crippen molar-refractivity contribution in [1.29, 1.82) is 0 Å². The molecule has 0 bridgehead atoms. The molecule has 0 spiro atoms. The molecule has 0 rings (SSSR count). The fraction of sp³-hybridized carbons (Fsp3) is 1.00. The van der Waals surface area contributed by atoms with Crippen LogP contribution >= 0.6 is 31.9 Å². The Kier molecular flexibility index (Phi) is 5.09. The van der Waals surface area contributed by atoms with Gasteiger partial charge < -0.3 is 4.74 Å². The number of ether oxygens (including phenoxy) is 1. The van der Waals surface area contributed by atoms with Gasteiger partial charge in [-0.15, -0.1) is 0 Å². The molecule has 0 N–H and O–H groups in total. The summed E-state index contributed by atoms with van der Waals surface area (Å²) >= 11 is 5.73. The number of alkyl halides is 4. The van der Waals surface area contributed by atoms with E-state index in [0.29, 0.717) is 0 Å². The maximum absolute atomic E-state index is 11.2. The van der Waals surface area contributed by atoms with Crippen molar-refractivity contribution in [2.75, 3.05) is 6.61 Å². The van der Waals surface area contributed by atoms with E-state index in [1.165, 1.54) is 0 Å². The van der Waals surface area contributed by atoms with Crippen LogP contribution in [0.25, 0.3) is 0 Å². The minimum Gasteiger partial charge on any atom is -0.350 e. The molecular weight excluding hydrogens is 250 g/mol. The third-order valence-corrected chi connectivity index (χ3v) is 0.877. The summed E-state index contributed by atoms with van der Waals surface area (Å²) in [5.41, 5.74) is 0. The predicted octanol–water partition coefficient (Wildman–Crippen LogP) is 2.34. The average Bonchev–Trinajstić information content (AvgIpc) is 1.61. The Morgan fingerprint density at radius 2 is 1.88 bits per heavy atom. The SMILES string of the molecule is FC(F)COC(Br)Br. The zero-order valence-corrected chi connectivity index (χ0v) is 6.95. The van der Waals surface area contributed by atoms with Gasteiger partial charge in [0.2, 0.25) is 0 Å². The molecule has 0 aliphatic heterocycles. The summed E-state index contributed by atoms with van der Waals surface area (Å²) in [6.07, 6.45) is -2.40. The maximum Gasteiger partial charge on any atom is 0.261 e. The van der Waals surface area contributed by atoms with Crippen LogP contribution in [0, 0.1) is 0 Å². The summed E-state index contributed by atoms with van der Waals surface area (Å²) in [6.45, 7) is -0.541. The molecule has 0 aliphatic carbocycles. The number of halogens is 4. The van der Waals surface area contributed by atoms with Crippen molar-refractivity contribution in [3.05, 3.63) is 0 Å². The lowest BCUT2D eigenvalue weighted by atomic mass is 10.8. The van der Waals surface area contributed by atoms with E-state index < -0.39 is 17.0 Å². The Morgan fingerprint density at radius 1 is 1.38 bits per heavy atom. The van der Waals surface area contributed by atoms with Gasteiger partial charge in [-0.05, 0) is 31.9 Å². The van der Waals surface area contributed by atoms with Gasteiger partial charge in [0.25, 0.3) is 6.43 Å². The standard InChI is InChI=1S/C3H4Br2F2O/c4-3(5)8-1-2(6)7/h2-3H,1H2. The zero-order chi connectivity index (χ0) is 6.57. The molecule has 8 heavy (non-hydrogen) atoms. The van der Waals surface area contributed by atoms with Gasteiger partial charge in [-0.25, -0.2) is 8.78 Å². The fourth-order valence-electron chi connectivity index (χ4n) is 0.145. The Bertz CT molecular complexity index is 51.2. The van der Waals surface area contributed by atoms with Crippen LogP contribution in [0.3, 0.4) is 0 Å². The van der Waals surface area contributed by atoms with Gasteiger partial charge in [-0.1, -0.05) is 0 Å². The second-order valence-corrected chi connectivity index (χ2v) is 3.88. The molecule has 0 unspecified atom stereocenters. The minimum atomic E-state index is -2.40. The molecule has 0 aliphatic rings. The number of rotatable bonds is 3. The largest absolute Gasteiger partial charge is 0.350 e. The molecule has 0 heterocycles. The first-order valence-corrected chi connectivity index (χ1v) is 3.64. The third kappa shape index (κ3) is 6.78. The van der Waals surface area contributed by atoms with Crippen molar-refractivity contribution in [2.45, 2.75) is 10.3 Å². The van der Waals surface area contributed by atoms with Crippen LogP contribution in [0.15, 0.2) is 0 Å². The van der Waals surface area contributed by atoms with E-state index in [9.17, 15) is 8.78 Å². The third-order valence-electron chi connectivity index (χ3n) is 0.348. The Hall–Kier alpha value is 0.780. The maximum atomic E-state index is 11.2. The van der Waals surface area contributed by atoms with Crippen LogP contribution in [0.4, 0.5) is 8.78 Å². The molecule has 0 saturated carbocycles. The predicted molar refractivity (Wildman–Crippen MR) is 33.6 cm³/mol. The van der Waals surface area contributed by atoms with Gasteiger partial charge in [0, 0.05) is 0 Å². The molecule has 5 heteroatoms. The minimum absolute atomic E-state index is 0.469. The highest BCUT2D eigenvalue weighted by molar-refractivity contribution is 9.24. The molecule has 0 saturated heterocycles. The van der Waals surface area contributed by atoms with E-state index in [-0.39, 0.29) is 0 Å². The summed E-state index contributed by atoms with van der Waals surface area (Å²) < 4.78 is 26.4. The van der Waals surface area contributed by atoms with Crippen LogP contribution in [-0.4, -0.2) is 17.0 Å². The highest BCUT2D eigenvalue weighted by Crippen LogP contribution is 2.10. The summed E-state index contributed by atoms with van der Waals surface area (Å²) in [5, 5.41) is 0. The summed E-state index contributed by atoms with van der Waals surface area (Å²) in [5.74, 6) is 0. The fourth-order valence-corrected chi connectivity index (χ4v) is 0.451. The molecular formula is C3H4Br2F2O. The van der Waals surface area contributed by atoms with Crippen molar-refractivity contribution in [3.8, 4) is 0 Å². The topological polar surface area (TPSA) is 9.23 Å². The van der Waals surface area contributed by atoms with Crippen molar-refractivity contribution in [1.82, 2.24) is 0 Å². The van der Waals surface area contributed by atoms with Gasteiger partial charge >= 0.3 is 0 Å². The van der Waals surface area contributed by atoms with Crippen molar-refractivity contribution < 1.29 is 13.5 Å². The van der Waals surface area contributed by atoms with E-state index in [4.69, 9.17) is 0 Å². The second-order valence-electron chi connectivity index (χ2n) is 0.985. The highest BCUT2D eigenvalue weighted by atomic mass is 79.9. The first-order chi connectivity index (χ1) is 3.63. The molecule has 0 fully saturated rings. The monoisotopic (exact) mass is 252 g/mol. The molecule has 0 amide bonds. The van der Waals surface area contributed by atoms with Gasteiger partial charge in [-0.2, -0.15) is 0 Å². The average molecular weight is 254 g/mol. The lowest BCUT2D eigenvalue weighted by Crippen LogP contribution is -2.05. The Balaban J connectivity index is 2.93. The van der Waals surface area contributed by atoms with Crippen molar-refractivity contribution in [3.63, 3.8) is 0 Å². The van der Waals surface area contributed by atoms with Crippen LogP contribution < -0.4 is 0 Å². The lowest BCUT2D eigenvalue weighted by Gasteiger charge is -2.01. The van der Waals surface area contributed by atoms with Crippen LogP contribution in [-0.2, 0) is 4.74 Å². The van der Waals surface area contributed by atoms with E-state index in [2.05, 4.69) is 36.6 Å². The van der Waals surface area contributed by atoms with Crippen LogP contribution in [0.2, 0.25) is 0 Å². The van der Waals surface area contributed by atoms with E-state index in [0.717, 1.165) is 0 Å². The first-order valence-electron chi connectivity index (χ1n) is 1.81. The van der Waals surface area contributed by atoms with Crippen molar-refractivity contribution >= 4 is 31.9 Å². The summed E-state index contributed by atoms with van der Waals surface area (Å²) in [6, 6.07) is 0. The van der Waals surface area contributed by atoms with Crippen molar-refractivity contribution in [2.24, 2.45) is 0 Å². The molecule has 0 radical (unpaired) electrons. The Morgan fingerprint density at radius 3 is 2.00 bits per heavy atom. The molecule has 1 nitrogen and oxygen atoms in total. The van der Waals surface area contributed by atoms with Gasteiger partial charge in [0.15, 0.2) is 3.92 Å². The lowest BCUT2D eigenvalue weighted by molar-refractivity contribution is 0.0314. The Labute approximate surface area is 62.6 Å². The van der Waals surface area contributed by atoms with Crippen LogP contribution in [0.5, 0.6) is 0 Å². The number of hydrogen-bond acceptors (Lipinski definition) is 1. The molecule has 0 atom stereocenters. The molecule has 0 aromatic heterocycles. The van der Waals surface area contributed by atoms with Gasteiger partial charge in [-0.3, -0.25) is 0 Å². The zero-order valence-electron chi connectivity index (χ0n) is 3.78. The van der Waals surface area contributed by atoms with E-state index in [1.807, 2.05) is 0 Å². The normalized spacial score (nSPS) is 11.2. The van der Waals surface area contributed by atoms with Crippen LogP contribution in [0.1, 0.15) is 0 Å². The van der Waals surface area contributed by atoms with E-state index in [1.54, 1.807) is 0 Å². The molecule has 0 aromatic rings. The van der Waals surface area contributed by atoms with Gasteiger partial charge in [0.1, 0.15) is 6.61 Å². The smallest absolute Gasteiger partial charge is 0.261 e.